The number of rotatable bonds is 3. The van der Waals surface area contributed by atoms with Crippen LogP contribution in [-0.2, 0) is 11.0 Å². The van der Waals surface area contributed by atoms with Crippen molar-refractivity contribution in [2.75, 3.05) is 16.8 Å². The van der Waals surface area contributed by atoms with Gasteiger partial charge in [0.05, 0.1) is 5.56 Å². The highest BCUT2D eigenvalue weighted by Crippen LogP contribution is 2.37. The lowest BCUT2D eigenvalue weighted by Gasteiger charge is -2.28. The molecule has 3 rings (SSSR count). The first-order valence-electron chi connectivity index (χ1n) is 9.00. The number of anilines is 2. The van der Waals surface area contributed by atoms with Crippen molar-refractivity contribution in [3.05, 3.63) is 52.7 Å². The van der Waals surface area contributed by atoms with Crippen molar-refractivity contribution in [3.8, 4) is 6.07 Å². The van der Waals surface area contributed by atoms with Gasteiger partial charge in [-0.05, 0) is 44.0 Å². The Labute approximate surface area is 166 Å². The second-order valence-corrected chi connectivity index (χ2v) is 7.07. The van der Waals surface area contributed by atoms with Crippen molar-refractivity contribution in [1.82, 2.24) is 4.98 Å². The number of carbonyl (C=O) groups excluding carboxylic acids is 1. The monoisotopic (exact) mass is 403 g/mol. The number of aryl methyl sites for hydroxylation is 2. The molecular formula is C20H20F3N5O. The average Bonchev–Trinajstić information content (AvgIpc) is 3.01. The summed E-state index contributed by atoms with van der Waals surface area (Å²) in [7, 11) is 0. The molecule has 2 heterocycles. The zero-order valence-electron chi connectivity index (χ0n) is 15.9. The normalized spacial score (nSPS) is 19.1. The second kappa shape index (κ2) is 7.72. The van der Waals surface area contributed by atoms with Crippen LogP contribution < -0.4 is 16.0 Å². The Kier molecular flexibility index (Phi) is 5.48. The van der Waals surface area contributed by atoms with Crippen molar-refractivity contribution in [1.29, 1.82) is 5.26 Å². The summed E-state index contributed by atoms with van der Waals surface area (Å²) < 4.78 is 40.3. The fourth-order valence-corrected chi connectivity index (χ4v) is 3.53. The van der Waals surface area contributed by atoms with E-state index in [0.717, 1.165) is 11.6 Å². The van der Waals surface area contributed by atoms with Gasteiger partial charge < -0.3 is 16.0 Å². The first kappa shape index (κ1) is 20.6. The third-order valence-corrected chi connectivity index (χ3v) is 4.82. The first-order valence-corrected chi connectivity index (χ1v) is 9.00. The zero-order chi connectivity index (χ0) is 21.3. The van der Waals surface area contributed by atoms with E-state index in [1.54, 1.807) is 24.3 Å². The molecule has 0 radical (unpaired) electrons. The van der Waals surface area contributed by atoms with Gasteiger partial charge >= 0.3 is 6.18 Å². The lowest BCUT2D eigenvalue weighted by molar-refractivity contribution is -0.137. The average molecular weight is 403 g/mol. The summed E-state index contributed by atoms with van der Waals surface area (Å²) in [6.07, 6.45) is -4.33. The van der Waals surface area contributed by atoms with Crippen LogP contribution in [0.1, 0.15) is 28.8 Å². The number of aromatic nitrogens is 1. The molecule has 2 unspecified atom stereocenters. The van der Waals surface area contributed by atoms with Crippen LogP contribution in [0.5, 0.6) is 0 Å². The lowest BCUT2D eigenvalue weighted by atomic mass is 10.1. The van der Waals surface area contributed by atoms with E-state index in [0.29, 0.717) is 12.1 Å². The van der Waals surface area contributed by atoms with Gasteiger partial charge in [0.15, 0.2) is 0 Å². The molecule has 1 saturated heterocycles. The summed E-state index contributed by atoms with van der Waals surface area (Å²) in [5.74, 6) is -0.626. The molecule has 0 aliphatic carbocycles. The largest absolute Gasteiger partial charge is 0.417 e. The van der Waals surface area contributed by atoms with Gasteiger partial charge in [0.1, 0.15) is 23.5 Å². The number of hydrogen-bond acceptors (Lipinski definition) is 5. The summed E-state index contributed by atoms with van der Waals surface area (Å²) in [6.45, 7) is 3.50. The molecule has 1 fully saturated rings. The van der Waals surface area contributed by atoms with Crippen LogP contribution in [0.25, 0.3) is 0 Å². The lowest BCUT2D eigenvalue weighted by Crippen LogP contribution is -2.49. The maximum Gasteiger partial charge on any atom is 0.417 e. The molecule has 2 atom stereocenters. The number of amides is 1. The summed E-state index contributed by atoms with van der Waals surface area (Å²) in [5.41, 5.74) is 6.04. The van der Waals surface area contributed by atoms with Crippen molar-refractivity contribution < 1.29 is 18.0 Å². The van der Waals surface area contributed by atoms with Crippen LogP contribution in [0.15, 0.2) is 30.3 Å². The Morgan fingerprint density at radius 1 is 1.34 bits per heavy atom. The zero-order valence-corrected chi connectivity index (χ0v) is 15.9. The number of hydrogen-bond donors (Lipinski definition) is 2. The first-order chi connectivity index (χ1) is 13.6. The number of nitrogens with two attached hydrogens (primary N) is 1. The second-order valence-electron chi connectivity index (χ2n) is 7.07. The van der Waals surface area contributed by atoms with E-state index in [2.05, 4.69) is 10.3 Å². The number of halogens is 3. The van der Waals surface area contributed by atoms with Gasteiger partial charge in [-0.3, -0.25) is 4.79 Å². The molecule has 1 aliphatic heterocycles. The topological polar surface area (TPSA) is 95.0 Å². The number of nitrogens with one attached hydrogen (secondary N) is 1. The Balaban J connectivity index is 2.01. The Hall–Kier alpha value is -3.12. The van der Waals surface area contributed by atoms with E-state index in [9.17, 15) is 23.2 Å². The van der Waals surface area contributed by atoms with Crippen molar-refractivity contribution in [2.24, 2.45) is 5.73 Å². The van der Waals surface area contributed by atoms with Crippen LogP contribution in [0.3, 0.4) is 0 Å². The predicted molar refractivity (Wildman–Crippen MR) is 102 cm³/mol. The van der Waals surface area contributed by atoms with E-state index in [4.69, 9.17) is 5.73 Å². The molecule has 152 valence electrons. The molecule has 1 amide bonds. The molecule has 0 saturated carbocycles. The van der Waals surface area contributed by atoms with Crippen LogP contribution >= 0.6 is 0 Å². The molecule has 29 heavy (non-hydrogen) atoms. The van der Waals surface area contributed by atoms with Crippen molar-refractivity contribution >= 4 is 17.4 Å². The van der Waals surface area contributed by atoms with Gasteiger partial charge in [-0.25, -0.2) is 4.98 Å². The van der Waals surface area contributed by atoms with Crippen molar-refractivity contribution in [2.45, 2.75) is 38.5 Å². The molecular weight excluding hydrogens is 383 g/mol. The third kappa shape index (κ3) is 4.17. The van der Waals surface area contributed by atoms with Gasteiger partial charge in [0.25, 0.3) is 0 Å². The number of nitrogens with zero attached hydrogens (tertiary/aromatic N) is 3. The molecule has 0 bridgehead atoms. The van der Waals surface area contributed by atoms with Gasteiger partial charge in [-0.2, -0.15) is 18.4 Å². The van der Waals surface area contributed by atoms with E-state index in [1.165, 1.54) is 11.8 Å². The molecule has 3 N–H and O–H groups in total. The minimum atomic E-state index is -4.71. The molecule has 1 aromatic heterocycles. The molecule has 6 nitrogen and oxygen atoms in total. The molecule has 0 spiro atoms. The van der Waals surface area contributed by atoms with E-state index < -0.39 is 35.3 Å². The third-order valence-electron chi connectivity index (χ3n) is 4.82. The highest BCUT2D eigenvalue weighted by molar-refractivity contribution is 5.98. The highest BCUT2D eigenvalue weighted by atomic mass is 19.4. The standard InChI is InChI=1S/C20H20F3N5O/c1-11-4-3-5-13(8-11)27-19(29)17-16(25)6-7-28(17)18-14(10-24)15(20(21,22)23)9-12(2)26-18/h3-5,8-9,16-17H,6-7,25H2,1-2H3,(H,27,29). The van der Waals surface area contributed by atoms with Gasteiger partial charge in [0.2, 0.25) is 5.91 Å². The number of benzene rings is 1. The van der Waals surface area contributed by atoms with Crippen LogP contribution in [0.4, 0.5) is 24.7 Å². The predicted octanol–water partition coefficient (Wildman–Crippen LogP) is 3.13. The van der Waals surface area contributed by atoms with E-state index >= 15 is 0 Å². The number of carbonyl (C=O) groups is 1. The van der Waals surface area contributed by atoms with E-state index in [1.807, 2.05) is 13.0 Å². The fraction of sp³-hybridized carbons (Fsp3) is 0.350. The van der Waals surface area contributed by atoms with E-state index in [-0.39, 0.29) is 18.1 Å². The SMILES string of the molecule is Cc1cccc(NC(=O)C2C(N)CCN2c2nc(C)cc(C(F)(F)F)c2C#N)c1. The number of pyridine rings is 1. The Morgan fingerprint density at radius 2 is 2.07 bits per heavy atom. The minimum absolute atomic E-state index is 0.102. The van der Waals surface area contributed by atoms with Crippen LogP contribution in [0, 0.1) is 25.2 Å². The smallest absolute Gasteiger partial charge is 0.342 e. The maximum atomic E-state index is 13.4. The van der Waals surface area contributed by atoms with Gasteiger partial charge in [-0.1, -0.05) is 12.1 Å². The van der Waals surface area contributed by atoms with Crippen LogP contribution in [-0.4, -0.2) is 29.5 Å². The summed E-state index contributed by atoms with van der Waals surface area (Å²) in [4.78, 5) is 18.5. The number of nitriles is 1. The fourth-order valence-electron chi connectivity index (χ4n) is 3.53. The Morgan fingerprint density at radius 3 is 2.69 bits per heavy atom. The van der Waals surface area contributed by atoms with Gasteiger partial charge in [0, 0.05) is 24.0 Å². The maximum absolute atomic E-state index is 13.4. The molecule has 1 aliphatic rings. The summed E-state index contributed by atoms with van der Waals surface area (Å²) in [6, 6.07) is 8.03. The molecule has 9 heteroatoms. The summed E-state index contributed by atoms with van der Waals surface area (Å²) >= 11 is 0. The number of alkyl halides is 3. The highest BCUT2D eigenvalue weighted by Gasteiger charge is 2.42. The molecule has 1 aromatic carbocycles. The Bertz CT molecular complexity index is 983. The minimum Gasteiger partial charge on any atom is -0.342 e. The van der Waals surface area contributed by atoms with Crippen LogP contribution in [0.2, 0.25) is 0 Å². The molecule has 2 aromatic rings. The quantitative estimate of drug-likeness (QED) is 0.821. The van der Waals surface area contributed by atoms with Crippen molar-refractivity contribution in [3.63, 3.8) is 0 Å². The van der Waals surface area contributed by atoms with Gasteiger partial charge in [-0.15, -0.1) is 0 Å². The summed E-state index contributed by atoms with van der Waals surface area (Å²) in [5, 5.41) is 12.2.